The number of halogens is 1. The first-order chi connectivity index (χ1) is 7.75. The second kappa shape index (κ2) is 5.88. The molecule has 86 valence electrons. The van der Waals surface area contributed by atoms with Crippen LogP contribution in [0.2, 0.25) is 0 Å². The second-order valence-corrected chi connectivity index (χ2v) is 6.22. The molecule has 0 amide bonds. The molecule has 4 nitrogen and oxygen atoms in total. The molecule has 1 aliphatic rings. The Morgan fingerprint density at radius 2 is 1.50 bits per heavy atom. The number of alkyl halides is 1. The summed E-state index contributed by atoms with van der Waals surface area (Å²) < 4.78 is 0.855. The maximum Gasteiger partial charge on any atom is 0.194 e. The van der Waals surface area contributed by atoms with E-state index in [1.165, 1.54) is 38.5 Å². The summed E-state index contributed by atoms with van der Waals surface area (Å²) in [5, 5.41) is 16.3. The summed E-state index contributed by atoms with van der Waals surface area (Å²) in [7, 11) is 1.82. The summed E-state index contributed by atoms with van der Waals surface area (Å²) in [4.78, 5) is 0. The van der Waals surface area contributed by atoms with E-state index in [2.05, 4.69) is 43.0 Å². The zero-order valence-corrected chi connectivity index (χ0v) is 11.7. The van der Waals surface area contributed by atoms with Crippen LogP contribution in [0.1, 0.15) is 50.3 Å². The number of aromatic nitrogens is 4. The molecule has 1 saturated carbocycles. The number of nitrogens with zero attached hydrogens (tertiary/aromatic N) is 4. The van der Waals surface area contributed by atoms with Crippen LogP contribution in [0.25, 0.3) is 0 Å². The summed E-state index contributed by atoms with van der Waals surface area (Å²) in [6.45, 7) is 0. The largest absolute Gasteiger partial charge is 0.194 e. The molecule has 0 saturated heterocycles. The smallest absolute Gasteiger partial charge is 0.143 e. The molecule has 0 spiro atoms. The fraction of sp³-hybridized carbons (Fsp3) is 0.800. The van der Waals surface area contributed by atoms with Crippen molar-refractivity contribution in [2.24, 2.45) is 0 Å². The van der Waals surface area contributed by atoms with Crippen LogP contribution in [0.5, 0.6) is 0 Å². The van der Waals surface area contributed by atoms with Gasteiger partial charge in [0.1, 0.15) is 5.72 Å². The summed E-state index contributed by atoms with van der Waals surface area (Å²) in [5.74, 6) is 1.32. The number of hydrogen-bond acceptors (Lipinski definition) is 4. The van der Waals surface area contributed by atoms with Gasteiger partial charge in [-0.3, -0.25) is 0 Å². The molecule has 0 atom stereocenters. The minimum atomic E-state index is 0.476. The van der Waals surface area contributed by atoms with E-state index in [0.29, 0.717) is 11.6 Å². The molecule has 1 heterocycles. The van der Waals surface area contributed by atoms with Crippen molar-refractivity contribution < 1.29 is 0 Å². The van der Waals surface area contributed by atoms with Crippen molar-refractivity contribution in [2.45, 2.75) is 48.4 Å². The maximum atomic E-state index is 4.17. The van der Waals surface area contributed by atoms with Crippen LogP contribution in [0.15, 0.2) is 0 Å². The summed E-state index contributed by atoms with van der Waals surface area (Å²) in [6, 6.07) is 0. The van der Waals surface area contributed by atoms with E-state index < -0.39 is 0 Å². The Hall–Kier alpha value is -0.265. The Labute approximate surface area is 111 Å². The van der Waals surface area contributed by atoms with Crippen LogP contribution in [0.3, 0.4) is 0 Å². The number of rotatable bonds is 1. The Morgan fingerprint density at radius 1 is 0.938 bits per heavy atom. The van der Waals surface area contributed by atoms with Crippen LogP contribution >= 0.6 is 22.6 Å². The minimum Gasteiger partial charge on any atom is -0.143 e. The highest BCUT2D eigenvalue weighted by Crippen LogP contribution is 2.30. The van der Waals surface area contributed by atoms with E-state index in [1.54, 1.807) is 0 Å². The van der Waals surface area contributed by atoms with E-state index in [9.17, 15) is 0 Å². The Kier molecular flexibility index (Phi) is 4.49. The van der Waals surface area contributed by atoms with Gasteiger partial charge in [0.2, 0.25) is 0 Å². The monoisotopic (exact) mass is 330 g/mol. The van der Waals surface area contributed by atoms with Crippen molar-refractivity contribution in [3.63, 3.8) is 0 Å². The van der Waals surface area contributed by atoms with Crippen molar-refractivity contribution in [3.05, 3.63) is 5.82 Å². The average Bonchev–Trinajstić information content (AvgIpc) is 2.25. The summed E-state index contributed by atoms with van der Waals surface area (Å²) in [6.07, 6.45) is 7.57. The topological polar surface area (TPSA) is 51.6 Å². The van der Waals surface area contributed by atoms with Crippen molar-refractivity contribution in [1.29, 1.82) is 0 Å². The molecule has 0 radical (unpaired) electrons. The lowest BCUT2D eigenvalue weighted by Gasteiger charge is -2.19. The predicted molar refractivity (Wildman–Crippen MR) is 74.1 cm³/mol. The number of hydrogen-bond donors (Lipinski definition) is 0. The summed E-state index contributed by atoms with van der Waals surface area (Å²) in [5.41, 5.74) is 0.655. The van der Waals surface area contributed by atoms with E-state index in [4.69, 9.17) is 0 Å². The lowest BCUT2D eigenvalue weighted by molar-refractivity contribution is 0.446. The lowest BCUT2D eigenvalue weighted by Crippen LogP contribution is -2.21. The molecule has 16 heavy (non-hydrogen) atoms. The molecule has 0 aliphatic heterocycles. The van der Waals surface area contributed by atoms with E-state index in [-0.39, 0.29) is 0 Å². The summed E-state index contributed by atoms with van der Waals surface area (Å²) >= 11 is 2.57. The highest BCUT2D eigenvalue weighted by Gasteiger charge is 2.19. The van der Waals surface area contributed by atoms with E-state index in [0.717, 1.165) is 9.75 Å². The quantitative estimate of drug-likeness (QED) is 0.434. The van der Waals surface area contributed by atoms with Crippen molar-refractivity contribution in [1.82, 2.24) is 20.4 Å². The van der Waals surface area contributed by atoms with Gasteiger partial charge in [0.25, 0.3) is 0 Å². The van der Waals surface area contributed by atoms with E-state index in [1.807, 2.05) is 7.85 Å². The minimum absolute atomic E-state index is 0.476. The molecule has 1 fully saturated rings. The predicted octanol–water partition coefficient (Wildman–Crippen LogP) is 0.766. The Morgan fingerprint density at radius 3 is 2.06 bits per heavy atom. The van der Waals surface area contributed by atoms with Crippen LogP contribution in [-0.2, 0) is 0 Å². The van der Waals surface area contributed by atoms with Gasteiger partial charge in [-0.2, -0.15) is 0 Å². The van der Waals surface area contributed by atoms with Crippen LogP contribution in [0.4, 0.5) is 0 Å². The van der Waals surface area contributed by atoms with Crippen molar-refractivity contribution >= 4 is 36.2 Å². The fourth-order valence-electron chi connectivity index (χ4n) is 2.17. The van der Waals surface area contributed by atoms with Gasteiger partial charge < -0.3 is 0 Å². The zero-order chi connectivity index (χ0) is 11.4. The van der Waals surface area contributed by atoms with Crippen molar-refractivity contribution in [2.75, 3.05) is 0 Å². The van der Waals surface area contributed by atoms with Gasteiger partial charge in [-0.25, -0.2) is 0 Å². The molecule has 0 N–H and O–H groups in total. The second-order valence-electron chi connectivity index (χ2n) is 4.46. The van der Waals surface area contributed by atoms with Gasteiger partial charge in [-0.1, -0.05) is 35.4 Å². The van der Waals surface area contributed by atoms with Crippen molar-refractivity contribution in [3.8, 4) is 0 Å². The van der Waals surface area contributed by atoms with Gasteiger partial charge in [0.15, 0.2) is 13.7 Å². The zero-order valence-electron chi connectivity index (χ0n) is 9.56. The van der Waals surface area contributed by atoms with E-state index >= 15 is 0 Å². The molecular weight excluding hydrogens is 314 g/mol. The first-order valence-corrected chi connectivity index (χ1v) is 7.18. The molecule has 1 aromatic rings. The normalized spacial score (nSPS) is 27.1. The highest BCUT2D eigenvalue weighted by atomic mass is 127. The lowest BCUT2D eigenvalue weighted by atomic mass is 9.91. The van der Waals surface area contributed by atoms with Crippen LogP contribution in [0, 0.1) is 0 Å². The fourth-order valence-corrected chi connectivity index (χ4v) is 3.05. The Balaban J connectivity index is 2.00. The molecule has 6 heteroatoms. The first-order valence-electron chi connectivity index (χ1n) is 5.93. The molecule has 0 aromatic carbocycles. The van der Waals surface area contributed by atoms with Gasteiger partial charge >= 0.3 is 0 Å². The molecular formula is C10H16BIN4. The first kappa shape index (κ1) is 12.2. The van der Waals surface area contributed by atoms with Gasteiger partial charge in [0.05, 0.1) is 0 Å². The molecule has 0 bridgehead atoms. The molecule has 1 aliphatic carbocycles. The molecule has 2 rings (SSSR count). The molecule has 1 aromatic heterocycles. The van der Waals surface area contributed by atoms with Gasteiger partial charge in [0, 0.05) is 9.84 Å². The van der Waals surface area contributed by atoms with Gasteiger partial charge in [-0.05, 0) is 25.7 Å². The third kappa shape index (κ3) is 3.36. The molecule has 0 unspecified atom stereocenters. The standard InChI is InChI=1S/C10H16BIN4/c11-10-15-13-9(14-16-10)7-3-1-5-8(12)6-2-4-7/h7-8H,1-6,11H2. The van der Waals surface area contributed by atoms with Crippen LogP contribution < -0.4 is 5.72 Å². The SMILES string of the molecule is Bc1nnc(C2CCCC(I)CCC2)nn1. The van der Waals surface area contributed by atoms with Crippen LogP contribution in [-0.4, -0.2) is 32.2 Å². The third-order valence-corrected chi connectivity index (χ3v) is 4.35. The highest BCUT2D eigenvalue weighted by molar-refractivity contribution is 14.1. The third-order valence-electron chi connectivity index (χ3n) is 3.10. The average molecular weight is 330 g/mol. The maximum absolute atomic E-state index is 4.17. The van der Waals surface area contributed by atoms with Gasteiger partial charge in [-0.15, -0.1) is 20.4 Å². The Bertz CT molecular complexity index is 322.